The molecule has 0 bridgehead atoms. The van der Waals surface area contributed by atoms with Gasteiger partial charge in [0.25, 0.3) is 0 Å². The summed E-state index contributed by atoms with van der Waals surface area (Å²) in [6.07, 6.45) is 3.91. The molecule has 20 heavy (non-hydrogen) atoms. The molecular weight excluding hydrogens is 278 g/mol. The van der Waals surface area contributed by atoms with Crippen LogP contribution in [0.25, 0.3) is 0 Å². The number of rotatable bonds is 6. The van der Waals surface area contributed by atoms with E-state index in [1.54, 1.807) is 19.0 Å². The smallest absolute Gasteiger partial charge is 0.224 e. The highest BCUT2D eigenvalue weighted by molar-refractivity contribution is 5.85. The first-order valence-corrected chi connectivity index (χ1v) is 7.20. The van der Waals surface area contributed by atoms with E-state index in [1.165, 1.54) is 12.8 Å². The minimum atomic E-state index is -0.155. The lowest BCUT2D eigenvalue weighted by molar-refractivity contribution is -0.132. The van der Waals surface area contributed by atoms with Crippen molar-refractivity contribution in [2.24, 2.45) is 11.8 Å². The van der Waals surface area contributed by atoms with E-state index >= 15 is 0 Å². The fraction of sp³-hybridized carbons (Fsp3) is 0.857. The van der Waals surface area contributed by atoms with Gasteiger partial charge in [0, 0.05) is 27.1 Å². The van der Waals surface area contributed by atoms with Crippen LogP contribution < -0.4 is 10.6 Å². The quantitative estimate of drug-likeness (QED) is 0.770. The predicted molar refractivity (Wildman–Crippen MR) is 82.9 cm³/mol. The molecule has 1 aliphatic heterocycles. The number of piperidine rings is 1. The molecule has 1 fully saturated rings. The summed E-state index contributed by atoms with van der Waals surface area (Å²) < 4.78 is 0. The Balaban J connectivity index is 0.00000361. The molecule has 1 unspecified atom stereocenters. The highest BCUT2D eigenvalue weighted by Gasteiger charge is 2.19. The molecule has 0 saturated carbocycles. The van der Waals surface area contributed by atoms with Crippen molar-refractivity contribution < 1.29 is 9.59 Å². The number of amides is 2. The number of hydrogen-bond donors (Lipinski definition) is 2. The molecule has 0 aromatic carbocycles. The molecule has 1 saturated heterocycles. The van der Waals surface area contributed by atoms with Gasteiger partial charge in [0.2, 0.25) is 11.8 Å². The molecule has 0 spiro atoms. The zero-order chi connectivity index (χ0) is 14.3. The van der Waals surface area contributed by atoms with E-state index in [0.717, 1.165) is 19.5 Å². The molecule has 6 heteroatoms. The van der Waals surface area contributed by atoms with Crippen molar-refractivity contribution in [3.05, 3.63) is 0 Å². The van der Waals surface area contributed by atoms with Crippen LogP contribution in [0, 0.1) is 11.8 Å². The summed E-state index contributed by atoms with van der Waals surface area (Å²) in [5, 5.41) is 5.94. The third-order valence-electron chi connectivity index (χ3n) is 3.89. The topological polar surface area (TPSA) is 61.4 Å². The second kappa shape index (κ2) is 10.00. The SMILES string of the molecule is CNC(=O)C(C)CN(C)C(=O)CCC1CCNCC1.Cl. The van der Waals surface area contributed by atoms with Crippen molar-refractivity contribution in [2.75, 3.05) is 33.7 Å². The predicted octanol–water partition coefficient (Wildman–Crippen LogP) is 1.03. The zero-order valence-corrected chi connectivity index (χ0v) is 13.6. The standard InChI is InChI=1S/C14H27N3O2.ClH/c1-11(14(19)15-2)10-17(3)13(18)5-4-12-6-8-16-9-7-12;/h11-12,16H,4-10H2,1-3H3,(H,15,19);1H. The van der Waals surface area contributed by atoms with Gasteiger partial charge in [-0.2, -0.15) is 0 Å². The fourth-order valence-electron chi connectivity index (χ4n) is 2.53. The lowest BCUT2D eigenvalue weighted by atomic mass is 9.93. The third-order valence-corrected chi connectivity index (χ3v) is 3.89. The summed E-state index contributed by atoms with van der Waals surface area (Å²) in [4.78, 5) is 25.1. The number of carbonyl (C=O) groups is 2. The van der Waals surface area contributed by atoms with Gasteiger partial charge in [-0.15, -0.1) is 12.4 Å². The molecule has 0 aromatic heterocycles. The Morgan fingerprint density at radius 1 is 1.35 bits per heavy atom. The maximum Gasteiger partial charge on any atom is 0.224 e. The van der Waals surface area contributed by atoms with Crippen LogP contribution in [0.15, 0.2) is 0 Å². The average molecular weight is 306 g/mol. The maximum absolute atomic E-state index is 12.0. The largest absolute Gasteiger partial charge is 0.359 e. The Bertz CT molecular complexity index is 307. The molecule has 0 aliphatic carbocycles. The van der Waals surface area contributed by atoms with Gasteiger partial charge in [-0.3, -0.25) is 9.59 Å². The van der Waals surface area contributed by atoms with E-state index in [1.807, 2.05) is 6.92 Å². The van der Waals surface area contributed by atoms with Crippen molar-refractivity contribution in [2.45, 2.75) is 32.6 Å². The van der Waals surface area contributed by atoms with Crippen molar-refractivity contribution in [1.82, 2.24) is 15.5 Å². The summed E-state index contributed by atoms with van der Waals surface area (Å²) in [5.74, 6) is 0.653. The minimum Gasteiger partial charge on any atom is -0.359 e. The Kier molecular flexibility index (Phi) is 9.59. The highest BCUT2D eigenvalue weighted by Crippen LogP contribution is 2.18. The number of hydrogen-bond acceptors (Lipinski definition) is 3. The van der Waals surface area contributed by atoms with Crippen molar-refractivity contribution in [3.63, 3.8) is 0 Å². The van der Waals surface area contributed by atoms with Crippen LogP contribution in [0.3, 0.4) is 0 Å². The minimum absolute atomic E-state index is 0. The van der Waals surface area contributed by atoms with Gasteiger partial charge in [0.1, 0.15) is 0 Å². The Morgan fingerprint density at radius 2 is 1.95 bits per heavy atom. The second-order valence-corrected chi connectivity index (χ2v) is 5.52. The normalized spacial score (nSPS) is 16.9. The third kappa shape index (κ3) is 6.57. The van der Waals surface area contributed by atoms with E-state index in [4.69, 9.17) is 0 Å². The van der Waals surface area contributed by atoms with Crippen LogP contribution in [-0.2, 0) is 9.59 Å². The fourth-order valence-corrected chi connectivity index (χ4v) is 2.53. The van der Waals surface area contributed by atoms with Crippen LogP contribution in [0.2, 0.25) is 0 Å². The first-order chi connectivity index (χ1) is 9.04. The summed E-state index contributed by atoms with van der Waals surface area (Å²) in [6.45, 7) is 4.48. The van der Waals surface area contributed by atoms with Crippen LogP contribution in [0.4, 0.5) is 0 Å². The first kappa shape index (κ1) is 19.2. The first-order valence-electron chi connectivity index (χ1n) is 7.20. The van der Waals surface area contributed by atoms with Crippen molar-refractivity contribution in [1.29, 1.82) is 0 Å². The van der Waals surface area contributed by atoms with Crippen molar-refractivity contribution >= 4 is 24.2 Å². The number of nitrogens with zero attached hydrogens (tertiary/aromatic N) is 1. The molecule has 0 aromatic rings. The zero-order valence-electron chi connectivity index (χ0n) is 12.8. The highest BCUT2D eigenvalue weighted by atomic mass is 35.5. The van der Waals surface area contributed by atoms with Crippen LogP contribution in [0.1, 0.15) is 32.6 Å². The van der Waals surface area contributed by atoms with Crippen LogP contribution in [0.5, 0.6) is 0 Å². The van der Waals surface area contributed by atoms with Gasteiger partial charge in [-0.25, -0.2) is 0 Å². The molecule has 1 atom stereocenters. The summed E-state index contributed by atoms with van der Waals surface area (Å²) >= 11 is 0. The summed E-state index contributed by atoms with van der Waals surface area (Å²) in [5.41, 5.74) is 0. The van der Waals surface area contributed by atoms with Crippen LogP contribution in [-0.4, -0.2) is 50.4 Å². The molecule has 2 N–H and O–H groups in total. The molecule has 2 amide bonds. The summed E-state index contributed by atoms with van der Waals surface area (Å²) in [6, 6.07) is 0. The molecule has 1 heterocycles. The van der Waals surface area contributed by atoms with E-state index in [9.17, 15) is 9.59 Å². The van der Waals surface area contributed by atoms with E-state index in [-0.39, 0.29) is 30.1 Å². The maximum atomic E-state index is 12.0. The molecule has 1 aliphatic rings. The molecule has 5 nitrogen and oxygen atoms in total. The molecule has 0 radical (unpaired) electrons. The van der Waals surface area contributed by atoms with Gasteiger partial charge in [0.05, 0.1) is 5.92 Å². The number of halogens is 1. The summed E-state index contributed by atoms with van der Waals surface area (Å²) in [7, 11) is 3.40. The van der Waals surface area contributed by atoms with Crippen LogP contribution >= 0.6 is 12.4 Å². The number of carbonyl (C=O) groups excluding carboxylic acids is 2. The van der Waals surface area contributed by atoms with Gasteiger partial charge < -0.3 is 15.5 Å². The Labute approximate surface area is 128 Å². The average Bonchev–Trinajstić information content (AvgIpc) is 2.44. The number of nitrogens with one attached hydrogen (secondary N) is 2. The molecule has 118 valence electrons. The van der Waals surface area contributed by atoms with Gasteiger partial charge in [-0.05, 0) is 38.3 Å². The lowest BCUT2D eigenvalue weighted by Gasteiger charge is -2.24. The Morgan fingerprint density at radius 3 is 2.50 bits per heavy atom. The van der Waals surface area contributed by atoms with Gasteiger partial charge in [0.15, 0.2) is 0 Å². The Hall–Kier alpha value is -0.810. The molecular formula is C14H28ClN3O2. The second-order valence-electron chi connectivity index (χ2n) is 5.52. The molecule has 1 rings (SSSR count). The van der Waals surface area contributed by atoms with E-state index < -0.39 is 0 Å². The monoisotopic (exact) mass is 305 g/mol. The van der Waals surface area contributed by atoms with Gasteiger partial charge in [-0.1, -0.05) is 6.92 Å². The van der Waals surface area contributed by atoms with Crippen molar-refractivity contribution in [3.8, 4) is 0 Å². The van der Waals surface area contributed by atoms with E-state index in [0.29, 0.717) is 18.9 Å². The van der Waals surface area contributed by atoms with Gasteiger partial charge >= 0.3 is 0 Å². The van der Waals surface area contributed by atoms with E-state index in [2.05, 4.69) is 10.6 Å². The lowest BCUT2D eigenvalue weighted by Crippen LogP contribution is -2.37.